The molecule has 0 aliphatic rings. The lowest BCUT2D eigenvalue weighted by Gasteiger charge is -2.07. The summed E-state index contributed by atoms with van der Waals surface area (Å²) >= 11 is 0. The number of nitrogens with one attached hydrogen (secondary N) is 3. The monoisotopic (exact) mass is 346 g/mol. The number of hydrogen-bond donors (Lipinski definition) is 3. The van der Waals surface area contributed by atoms with E-state index in [0.29, 0.717) is 16.3 Å². The van der Waals surface area contributed by atoms with Crippen molar-refractivity contribution in [3.8, 4) is 0 Å². The van der Waals surface area contributed by atoms with Crippen molar-refractivity contribution in [2.75, 3.05) is 0 Å². The lowest BCUT2D eigenvalue weighted by molar-refractivity contribution is 0.0946. The van der Waals surface area contributed by atoms with E-state index in [-0.39, 0.29) is 23.4 Å². The second-order valence-corrected chi connectivity index (χ2v) is 5.84. The molecule has 2 aromatic heterocycles. The zero-order chi connectivity index (χ0) is 18.1. The zero-order valence-electron chi connectivity index (χ0n) is 13.6. The van der Waals surface area contributed by atoms with E-state index in [9.17, 15) is 14.4 Å². The van der Waals surface area contributed by atoms with E-state index in [1.165, 1.54) is 0 Å². The number of carbonyl (C=O) groups excluding carboxylic acids is 1. The maximum absolute atomic E-state index is 12.5. The van der Waals surface area contributed by atoms with E-state index in [1.54, 1.807) is 30.3 Å². The van der Waals surface area contributed by atoms with Crippen molar-refractivity contribution in [2.45, 2.75) is 6.54 Å². The van der Waals surface area contributed by atoms with Crippen LogP contribution in [0.15, 0.2) is 64.2 Å². The van der Waals surface area contributed by atoms with Crippen LogP contribution in [0.2, 0.25) is 0 Å². The number of nitrogens with zero attached hydrogens (tertiary/aromatic N) is 1. The highest BCUT2D eigenvalue weighted by atomic mass is 16.2. The fraction of sp³-hybridized carbons (Fsp3) is 0.0526. The lowest BCUT2D eigenvalue weighted by Crippen LogP contribution is -2.28. The molecule has 7 heteroatoms. The minimum absolute atomic E-state index is 0.0497. The molecular formula is C19H14N4O3. The van der Waals surface area contributed by atoms with Gasteiger partial charge in [0, 0.05) is 23.0 Å². The van der Waals surface area contributed by atoms with Gasteiger partial charge in [0.25, 0.3) is 17.0 Å². The van der Waals surface area contributed by atoms with Crippen molar-refractivity contribution in [3.05, 3.63) is 86.6 Å². The molecule has 4 rings (SSSR count). The van der Waals surface area contributed by atoms with E-state index in [4.69, 9.17) is 0 Å². The van der Waals surface area contributed by atoms with Gasteiger partial charge in [-0.05, 0) is 23.6 Å². The van der Waals surface area contributed by atoms with Gasteiger partial charge in [-0.2, -0.15) is 5.10 Å². The smallest absolute Gasteiger partial charge is 0.272 e. The average molecular weight is 346 g/mol. The third-order valence-electron chi connectivity index (χ3n) is 4.18. The number of aromatic amines is 2. The molecule has 7 nitrogen and oxygen atoms in total. The summed E-state index contributed by atoms with van der Waals surface area (Å²) in [7, 11) is 0. The van der Waals surface area contributed by atoms with Gasteiger partial charge in [0.1, 0.15) is 0 Å². The van der Waals surface area contributed by atoms with Gasteiger partial charge in [0.05, 0.1) is 5.39 Å². The number of pyridine rings is 1. The number of carbonyl (C=O) groups is 1. The number of aromatic nitrogens is 3. The molecule has 128 valence electrons. The summed E-state index contributed by atoms with van der Waals surface area (Å²) in [6.07, 6.45) is 0. The van der Waals surface area contributed by atoms with Crippen LogP contribution in [0.1, 0.15) is 16.1 Å². The summed E-state index contributed by atoms with van der Waals surface area (Å²) in [5.74, 6) is -0.468. The van der Waals surface area contributed by atoms with Crippen molar-refractivity contribution in [2.24, 2.45) is 0 Å². The normalized spacial score (nSPS) is 10.9. The Morgan fingerprint density at radius 3 is 2.54 bits per heavy atom. The first-order valence-corrected chi connectivity index (χ1v) is 8.00. The molecule has 3 N–H and O–H groups in total. The van der Waals surface area contributed by atoms with Crippen LogP contribution in [0.3, 0.4) is 0 Å². The first-order valence-electron chi connectivity index (χ1n) is 8.00. The Bertz CT molecular complexity index is 1260. The molecule has 0 aliphatic carbocycles. The van der Waals surface area contributed by atoms with E-state index in [0.717, 1.165) is 10.9 Å². The molecule has 2 aromatic carbocycles. The maximum atomic E-state index is 12.5. The second-order valence-electron chi connectivity index (χ2n) is 5.84. The molecule has 1 amide bonds. The molecule has 2 heterocycles. The Morgan fingerprint density at radius 2 is 1.69 bits per heavy atom. The van der Waals surface area contributed by atoms with Gasteiger partial charge in [-0.25, -0.2) is 5.10 Å². The average Bonchev–Trinajstić information content (AvgIpc) is 2.66. The summed E-state index contributed by atoms with van der Waals surface area (Å²) in [6, 6.07) is 15.9. The van der Waals surface area contributed by atoms with Gasteiger partial charge in [-0.3, -0.25) is 14.4 Å². The van der Waals surface area contributed by atoms with Gasteiger partial charge < -0.3 is 10.3 Å². The Balaban J connectivity index is 1.64. The molecule has 0 aliphatic heterocycles. The molecule has 0 unspecified atom stereocenters. The lowest BCUT2D eigenvalue weighted by atomic mass is 10.1. The predicted octanol–water partition coefficient (Wildman–Crippen LogP) is 1.69. The molecule has 0 fully saturated rings. The van der Waals surface area contributed by atoms with Gasteiger partial charge in [0.2, 0.25) is 0 Å². The van der Waals surface area contributed by atoms with Crippen molar-refractivity contribution < 1.29 is 4.79 Å². The van der Waals surface area contributed by atoms with Gasteiger partial charge in [-0.15, -0.1) is 0 Å². The summed E-state index contributed by atoms with van der Waals surface area (Å²) in [6.45, 7) is 0.0497. The third-order valence-corrected chi connectivity index (χ3v) is 4.18. The molecule has 0 radical (unpaired) electrons. The van der Waals surface area contributed by atoms with Crippen LogP contribution in [0.5, 0.6) is 0 Å². The van der Waals surface area contributed by atoms with Crippen LogP contribution in [-0.2, 0) is 6.54 Å². The predicted molar refractivity (Wildman–Crippen MR) is 98.1 cm³/mol. The highest BCUT2D eigenvalue weighted by molar-refractivity contribution is 6.04. The van der Waals surface area contributed by atoms with Crippen LogP contribution in [0, 0.1) is 0 Å². The second kappa shape index (κ2) is 6.29. The largest absolute Gasteiger partial charge is 0.346 e. The van der Waals surface area contributed by atoms with Crippen LogP contribution in [-0.4, -0.2) is 21.1 Å². The Morgan fingerprint density at radius 1 is 0.962 bits per heavy atom. The van der Waals surface area contributed by atoms with Gasteiger partial charge >= 0.3 is 0 Å². The molecule has 26 heavy (non-hydrogen) atoms. The van der Waals surface area contributed by atoms with Crippen LogP contribution in [0.25, 0.3) is 21.7 Å². The van der Waals surface area contributed by atoms with Crippen LogP contribution >= 0.6 is 0 Å². The Labute approximate surface area is 146 Å². The molecule has 4 aromatic rings. The van der Waals surface area contributed by atoms with Gasteiger partial charge in [-0.1, -0.05) is 36.4 Å². The van der Waals surface area contributed by atoms with E-state index in [1.807, 2.05) is 24.3 Å². The number of H-pyrrole nitrogens is 2. The third kappa shape index (κ3) is 2.75. The topological polar surface area (TPSA) is 108 Å². The summed E-state index contributed by atoms with van der Waals surface area (Å²) in [4.78, 5) is 39.3. The van der Waals surface area contributed by atoms with Crippen LogP contribution in [0.4, 0.5) is 0 Å². The zero-order valence-corrected chi connectivity index (χ0v) is 13.6. The highest BCUT2D eigenvalue weighted by Crippen LogP contribution is 2.13. The van der Waals surface area contributed by atoms with Crippen LogP contribution < -0.4 is 16.4 Å². The minimum Gasteiger partial charge on any atom is -0.346 e. The molecule has 0 spiro atoms. The number of fused-ring (bicyclic) bond motifs is 2. The Kier molecular flexibility index (Phi) is 3.81. The molecule has 0 bridgehead atoms. The van der Waals surface area contributed by atoms with E-state index < -0.39 is 5.91 Å². The fourth-order valence-corrected chi connectivity index (χ4v) is 2.87. The molecule has 0 saturated carbocycles. The number of rotatable bonds is 3. The first kappa shape index (κ1) is 15.8. The number of para-hydroxylation sites is 1. The van der Waals surface area contributed by atoms with E-state index >= 15 is 0 Å². The van der Waals surface area contributed by atoms with Crippen molar-refractivity contribution in [3.63, 3.8) is 0 Å². The summed E-state index contributed by atoms with van der Waals surface area (Å²) in [5.41, 5.74) is 0.662. The summed E-state index contributed by atoms with van der Waals surface area (Å²) in [5, 5.41) is 10.6. The fourth-order valence-electron chi connectivity index (χ4n) is 2.87. The number of hydrogen-bond acceptors (Lipinski definition) is 4. The van der Waals surface area contributed by atoms with Gasteiger partial charge in [0.15, 0.2) is 5.69 Å². The van der Waals surface area contributed by atoms with E-state index in [2.05, 4.69) is 20.5 Å². The molecular weight excluding hydrogens is 332 g/mol. The van der Waals surface area contributed by atoms with Crippen molar-refractivity contribution in [1.82, 2.24) is 20.5 Å². The van der Waals surface area contributed by atoms with Crippen molar-refractivity contribution in [1.29, 1.82) is 0 Å². The summed E-state index contributed by atoms with van der Waals surface area (Å²) < 4.78 is 0. The SMILES string of the molecule is O=C(NCc1cc2ccccc2[nH]c1=O)c1n[nH]c(=O)c2ccccc12. The standard InChI is InChI=1S/C19H14N4O3/c24-17-12(9-11-5-1-4-8-15(11)21-17)10-20-19(26)16-13-6-2-3-7-14(13)18(25)23-22-16/h1-9H,10H2,(H,20,26)(H,21,24)(H,23,25). The highest BCUT2D eigenvalue weighted by Gasteiger charge is 2.14. The number of benzene rings is 2. The Hall–Kier alpha value is -3.74. The van der Waals surface area contributed by atoms with Crippen molar-refractivity contribution >= 4 is 27.6 Å². The molecule has 0 atom stereocenters. The minimum atomic E-state index is -0.468. The molecule has 0 saturated heterocycles. The number of amides is 1. The maximum Gasteiger partial charge on any atom is 0.272 e. The first-order chi connectivity index (χ1) is 12.6. The quantitative estimate of drug-likeness (QED) is 0.525.